The van der Waals surface area contributed by atoms with Crippen molar-refractivity contribution in [2.45, 2.75) is 32.9 Å². The highest BCUT2D eigenvalue weighted by atomic mass is 19.1. The molecule has 0 radical (unpaired) electrons. The van der Waals surface area contributed by atoms with E-state index in [0.717, 1.165) is 0 Å². The number of carboxylic acids is 1. The molecule has 1 atom stereocenters. The summed E-state index contributed by atoms with van der Waals surface area (Å²) < 4.78 is 13.5. The lowest BCUT2D eigenvalue weighted by atomic mass is 9.73. The van der Waals surface area contributed by atoms with Crippen molar-refractivity contribution in [2.75, 3.05) is 6.54 Å². The maximum absolute atomic E-state index is 13.5. The number of nitrogens with two attached hydrogens (primary N) is 1. The zero-order valence-corrected chi connectivity index (χ0v) is 7.72. The number of halogens is 1. The first-order valence-corrected chi connectivity index (χ1v) is 3.94. The Morgan fingerprint density at radius 3 is 2.00 bits per heavy atom. The van der Waals surface area contributed by atoms with Gasteiger partial charge in [-0.15, -0.1) is 0 Å². The van der Waals surface area contributed by atoms with Crippen LogP contribution in [0.25, 0.3) is 0 Å². The monoisotopic (exact) mass is 177 g/mol. The SMILES string of the molecule is CCC(CN)(C(=O)O)C(C)(C)F. The standard InChI is InChI=1S/C8H16FNO2/c1-4-8(5-10,6(11)12)7(2,3)9/h4-5,10H2,1-3H3,(H,11,12). The van der Waals surface area contributed by atoms with Crippen molar-refractivity contribution in [3.63, 3.8) is 0 Å². The number of rotatable bonds is 4. The minimum absolute atomic E-state index is 0.178. The first kappa shape index (κ1) is 11.4. The highest BCUT2D eigenvalue weighted by molar-refractivity contribution is 5.76. The molecule has 3 N–H and O–H groups in total. The average molecular weight is 177 g/mol. The molecule has 0 aliphatic heterocycles. The summed E-state index contributed by atoms with van der Waals surface area (Å²) in [6.07, 6.45) is 0.197. The van der Waals surface area contributed by atoms with Crippen molar-refractivity contribution in [1.29, 1.82) is 0 Å². The van der Waals surface area contributed by atoms with Crippen molar-refractivity contribution in [1.82, 2.24) is 0 Å². The molecule has 0 aliphatic rings. The van der Waals surface area contributed by atoms with E-state index in [4.69, 9.17) is 10.8 Å². The lowest BCUT2D eigenvalue weighted by molar-refractivity contribution is -0.157. The molecule has 72 valence electrons. The van der Waals surface area contributed by atoms with Crippen LogP contribution in [0.5, 0.6) is 0 Å². The van der Waals surface area contributed by atoms with E-state index in [0.29, 0.717) is 0 Å². The Balaban J connectivity index is 4.97. The Morgan fingerprint density at radius 2 is 2.00 bits per heavy atom. The summed E-state index contributed by atoms with van der Waals surface area (Å²) in [5.41, 5.74) is 2.04. The zero-order chi connectivity index (χ0) is 9.99. The second kappa shape index (κ2) is 3.39. The molecule has 0 saturated heterocycles. The molecule has 0 aromatic heterocycles. The van der Waals surface area contributed by atoms with Crippen molar-refractivity contribution in [3.05, 3.63) is 0 Å². The van der Waals surface area contributed by atoms with Gasteiger partial charge in [0.15, 0.2) is 0 Å². The summed E-state index contributed by atoms with van der Waals surface area (Å²) in [5, 5.41) is 8.84. The molecule has 12 heavy (non-hydrogen) atoms. The van der Waals surface area contributed by atoms with E-state index >= 15 is 0 Å². The third-order valence-electron chi connectivity index (χ3n) is 2.50. The molecule has 1 unspecified atom stereocenters. The predicted octanol–water partition coefficient (Wildman–Crippen LogP) is 1.17. The van der Waals surface area contributed by atoms with Gasteiger partial charge in [0, 0.05) is 6.54 Å². The van der Waals surface area contributed by atoms with Gasteiger partial charge >= 0.3 is 5.97 Å². The molecule has 0 rings (SSSR count). The number of carbonyl (C=O) groups is 1. The maximum atomic E-state index is 13.5. The predicted molar refractivity (Wildman–Crippen MR) is 44.6 cm³/mol. The van der Waals surface area contributed by atoms with Gasteiger partial charge in [-0.3, -0.25) is 4.79 Å². The van der Waals surface area contributed by atoms with Gasteiger partial charge in [-0.1, -0.05) is 6.92 Å². The molecular weight excluding hydrogens is 161 g/mol. The molecular formula is C8H16FNO2. The second-order valence-corrected chi connectivity index (χ2v) is 3.42. The van der Waals surface area contributed by atoms with Crippen molar-refractivity contribution < 1.29 is 14.3 Å². The van der Waals surface area contributed by atoms with Crippen LogP contribution in [0.3, 0.4) is 0 Å². The van der Waals surface area contributed by atoms with E-state index < -0.39 is 17.1 Å². The molecule has 3 nitrogen and oxygen atoms in total. The summed E-state index contributed by atoms with van der Waals surface area (Å²) in [7, 11) is 0. The van der Waals surface area contributed by atoms with Crippen LogP contribution < -0.4 is 5.73 Å². The Labute approximate surface area is 71.8 Å². The molecule has 0 aromatic carbocycles. The van der Waals surface area contributed by atoms with Gasteiger partial charge in [0.05, 0.1) is 0 Å². The van der Waals surface area contributed by atoms with E-state index in [9.17, 15) is 9.18 Å². The normalized spacial score (nSPS) is 17.1. The summed E-state index contributed by atoms with van der Waals surface area (Å²) >= 11 is 0. The van der Waals surface area contributed by atoms with Gasteiger partial charge in [-0.05, 0) is 20.3 Å². The Hall–Kier alpha value is -0.640. The molecule has 0 heterocycles. The number of hydrogen-bond donors (Lipinski definition) is 2. The summed E-state index contributed by atoms with van der Waals surface area (Å²) in [6, 6.07) is 0. The van der Waals surface area contributed by atoms with Crippen molar-refractivity contribution >= 4 is 5.97 Å². The van der Waals surface area contributed by atoms with Crippen LogP contribution in [0.2, 0.25) is 0 Å². The van der Waals surface area contributed by atoms with Gasteiger partial charge < -0.3 is 10.8 Å². The van der Waals surface area contributed by atoms with Gasteiger partial charge in [0.2, 0.25) is 0 Å². The molecule has 0 aliphatic carbocycles. The third-order valence-corrected chi connectivity index (χ3v) is 2.50. The van der Waals surface area contributed by atoms with Crippen LogP contribution in [-0.4, -0.2) is 23.3 Å². The van der Waals surface area contributed by atoms with E-state index in [2.05, 4.69) is 0 Å². The van der Waals surface area contributed by atoms with Crippen LogP contribution in [-0.2, 0) is 4.79 Å². The molecule has 4 heteroatoms. The summed E-state index contributed by atoms with van der Waals surface area (Å²) in [4.78, 5) is 10.8. The third kappa shape index (κ3) is 1.58. The molecule has 0 aromatic rings. The maximum Gasteiger partial charge on any atom is 0.314 e. The van der Waals surface area contributed by atoms with Crippen LogP contribution >= 0.6 is 0 Å². The van der Waals surface area contributed by atoms with Crippen LogP contribution in [0.15, 0.2) is 0 Å². The summed E-state index contributed by atoms with van der Waals surface area (Å²) in [6.45, 7) is 3.94. The fourth-order valence-corrected chi connectivity index (χ4v) is 1.30. The zero-order valence-electron chi connectivity index (χ0n) is 7.72. The molecule has 0 spiro atoms. The number of alkyl halides is 1. The Morgan fingerprint density at radius 1 is 1.58 bits per heavy atom. The van der Waals surface area contributed by atoms with Gasteiger partial charge in [-0.25, -0.2) is 4.39 Å². The van der Waals surface area contributed by atoms with E-state index in [-0.39, 0.29) is 13.0 Å². The Bertz CT molecular complexity index is 170. The van der Waals surface area contributed by atoms with Crippen molar-refractivity contribution in [3.8, 4) is 0 Å². The smallest absolute Gasteiger partial charge is 0.314 e. The largest absolute Gasteiger partial charge is 0.481 e. The van der Waals surface area contributed by atoms with Crippen LogP contribution in [0.4, 0.5) is 4.39 Å². The second-order valence-electron chi connectivity index (χ2n) is 3.42. The fraction of sp³-hybridized carbons (Fsp3) is 0.875. The lowest BCUT2D eigenvalue weighted by Crippen LogP contribution is -2.51. The lowest BCUT2D eigenvalue weighted by Gasteiger charge is -2.35. The topological polar surface area (TPSA) is 63.3 Å². The summed E-state index contributed by atoms with van der Waals surface area (Å²) in [5.74, 6) is -1.17. The quantitative estimate of drug-likeness (QED) is 0.677. The van der Waals surface area contributed by atoms with Crippen LogP contribution in [0, 0.1) is 5.41 Å². The van der Waals surface area contributed by atoms with Gasteiger partial charge in [0.1, 0.15) is 11.1 Å². The van der Waals surface area contributed by atoms with E-state index in [1.165, 1.54) is 13.8 Å². The van der Waals surface area contributed by atoms with Gasteiger partial charge in [0.25, 0.3) is 0 Å². The molecule has 0 amide bonds. The average Bonchev–Trinajstić information content (AvgIpc) is 1.87. The number of carboxylic acid groups (broad SMARTS) is 1. The van der Waals surface area contributed by atoms with E-state index in [1.54, 1.807) is 6.92 Å². The molecule has 0 saturated carbocycles. The Kier molecular flexibility index (Phi) is 3.21. The number of aliphatic carboxylic acids is 1. The molecule has 0 bridgehead atoms. The minimum Gasteiger partial charge on any atom is -0.481 e. The van der Waals surface area contributed by atoms with Crippen LogP contribution in [0.1, 0.15) is 27.2 Å². The fourth-order valence-electron chi connectivity index (χ4n) is 1.30. The highest BCUT2D eigenvalue weighted by Crippen LogP contribution is 2.37. The minimum atomic E-state index is -1.79. The first-order valence-electron chi connectivity index (χ1n) is 3.94. The highest BCUT2D eigenvalue weighted by Gasteiger charge is 2.49. The first-order chi connectivity index (χ1) is 5.31. The number of hydrogen-bond acceptors (Lipinski definition) is 2. The molecule has 0 fully saturated rings. The van der Waals surface area contributed by atoms with Gasteiger partial charge in [-0.2, -0.15) is 0 Å². The van der Waals surface area contributed by atoms with Crippen molar-refractivity contribution in [2.24, 2.45) is 11.1 Å². The van der Waals surface area contributed by atoms with E-state index in [1.807, 2.05) is 0 Å².